The van der Waals surface area contributed by atoms with Crippen LogP contribution in [0.1, 0.15) is 17.5 Å². The summed E-state index contributed by atoms with van der Waals surface area (Å²) in [6.45, 7) is 1.45. The predicted octanol–water partition coefficient (Wildman–Crippen LogP) is 3.47. The minimum atomic E-state index is -2.05. The van der Waals surface area contributed by atoms with Gasteiger partial charge in [0.2, 0.25) is 17.0 Å². The van der Waals surface area contributed by atoms with Crippen LogP contribution in [0.4, 0.5) is 5.69 Å². The molecular weight excluding hydrogens is 476 g/mol. The Morgan fingerprint density at radius 1 is 1.15 bits per heavy atom. The molecule has 0 bridgehead atoms. The van der Waals surface area contributed by atoms with Gasteiger partial charge in [0, 0.05) is 49.5 Å². The number of ether oxygens (including phenoxy) is 1. The van der Waals surface area contributed by atoms with Gasteiger partial charge in [-0.2, -0.15) is 4.31 Å². The van der Waals surface area contributed by atoms with Crippen molar-refractivity contribution in [2.45, 2.75) is 25.4 Å². The van der Waals surface area contributed by atoms with Gasteiger partial charge in [-0.05, 0) is 42.2 Å². The number of nitrogens with zero attached hydrogens (tertiary/aromatic N) is 2. The van der Waals surface area contributed by atoms with Crippen LogP contribution in [0, 0.1) is 5.41 Å². The molecule has 2 atom stereocenters. The molecule has 2 unspecified atom stereocenters. The van der Waals surface area contributed by atoms with E-state index >= 15 is 0 Å². The lowest BCUT2D eigenvalue weighted by Gasteiger charge is -2.35. The summed E-state index contributed by atoms with van der Waals surface area (Å²) in [5.41, 5.74) is 3.36. The van der Waals surface area contributed by atoms with E-state index in [-0.39, 0.29) is 11.9 Å². The summed E-state index contributed by atoms with van der Waals surface area (Å²) in [6.07, 6.45) is 3.19. The molecule has 8 nitrogen and oxygen atoms in total. The van der Waals surface area contributed by atoms with Crippen molar-refractivity contribution in [1.29, 1.82) is 5.41 Å². The maximum absolute atomic E-state index is 13.4. The number of aryl methyl sites for hydroxylation is 1. The second-order valence-electron chi connectivity index (χ2n) is 8.22. The van der Waals surface area contributed by atoms with Crippen LogP contribution in [0.15, 0.2) is 60.0 Å². The van der Waals surface area contributed by atoms with Gasteiger partial charge >= 0.3 is 0 Å². The molecule has 0 radical (unpaired) electrons. The fourth-order valence-electron chi connectivity index (χ4n) is 4.30. The van der Waals surface area contributed by atoms with Gasteiger partial charge in [0.15, 0.2) is 0 Å². The van der Waals surface area contributed by atoms with E-state index in [0.29, 0.717) is 49.0 Å². The van der Waals surface area contributed by atoms with Crippen LogP contribution < -0.4 is 5.32 Å². The third kappa shape index (κ3) is 5.85. The number of piperazine rings is 1. The number of allylic oxidation sites excluding steroid dienone is 1. The van der Waals surface area contributed by atoms with Crippen LogP contribution in [-0.2, 0) is 33.6 Å². The second-order valence-corrected chi connectivity index (χ2v) is 9.64. The number of fused-ring (bicyclic) bond motifs is 1. The first-order valence-corrected chi connectivity index (χ1v) is 12.5. The second kappa shape index (κ2) is 11.1. The number of amides is 1. The molecule has 180 valence electrons. The molecule has 1 amide bonds. The fourth-order valence-corrected chi connectivity index (χ4v) is 4.97. The third-order valence-corrected chi connectivity index (χ3v) is 7.09. The zero-order valence-electron chi connectivity index (χ0n) is 18.6. The molecule has 1 aliphatic carbocycles. The Hall–Kier alpha value is -2.72. The van der Waals surface area contributed by atoms with Crippen LogP contribution in [0.2, 0.25) is 5.02 Å². The van der Waals surface area contributed by atoms with Crippen molar-refractivity contribution in [3.05, 3.63) is 76.1 Å². The molecule has 10 heteroatoms. The van der Waals surface area contributed by atoms with E-state index in [1.54, 1.807) is 24.3 Å². The van der Waals surface area contributed by atoms with Crippen LogP contribution in [0.25, 0.3) is 0 Å². The van der Waals surface area contributed by atoms with E-state index in [4.69, 9.17) is 21.7 Å². The Balaban J connectivity index is 1.60. The molecule has 1 saturated heterocycles. The molecule has 1 aliphatic heterocycles. The first kappa shape index (κ1) is 24.4. The van der Waals surface area contributed by atoms with E-state index in [9.17, 15) is 13.6 Å². The van der Waals surface area contributed by atoms with Gasteiger partial charge in [-0.1, -0.05) is 41.9 Å². The monoisotopic (exact) mass is 502 g/mol. The van der Waals surface area contributed by atoms with Crippen molar-refractivity contribution < 1.29 is 18.3 Å². The summed E-state index contributed by atoms with van der Waals surface area (Å²) in [6, 6.07) is 15.1. The van der Waals surface area contributed by atoms with Crippen LogP contribution in [0.3, 0.4) is 0 Å². The average molecular weight is 503 g/mol. The molecule has 0 spiro atoms. The number of hydrogen-bond acceptors (Lipinski definition) is 5. The number of rotatable bonds is 7. The third-order valence-electron chi connectivity index (χ3n) is 6.04. The standard InChI is InChI=1S/C24H27ClN4O4S/c25-19-6-3-7-20(15-19)27-24(30)23(22(16-26)28-10-12-29(13-11-28)34(31)32)33-21-9-8-17-4-1-2-5-18(17)14-21/h1-7,15-16,21,26H,8-14H2,(H,27,30)(H,31,32). The van der Waals surface area contributed by atoms with Crippen molar-refractivity contribution in [1.82, 2.24) is 9.21 Å². The Labute approximate surface area is 206 Å². The molecule has 2 aromatic carbocycles. The van der Waals surface area contributed by atoms with E-state index in [2.05, 4.69) is 17.4 Å². The SMILES string of the molecule is N=CC(=C(OC1CCc2ccccc2C1)C(=O)Nc1cccc(Cl)c1)N1CCN(S(=O)O)CC1. The van der Waals surface area contributed by atoms with Crippen molar-refractivity contribution in [2.75, 3.05) is 31.5 Å². The molecular formula is C24H27ClN4O4S. The van der Waals surface area contributed by atoms with Gasteiger partial charge in [0.1, 0.15) is 11.8 Å². The molecule has 0 saturated carbocycles. The summed E-state index contributed by atoms with van der Waals surface area (Å²) >= 11 is 4.03. The molecule has 2 aromatic rings. The van der Waals surface area contributed by atoms with Crippen LogP contribution >= 0.6 is 11.6 Å². The predicted molar refractivity (Wildman–Crippen MR) is 133 cm³/mol. The average Bonchev–Trinajstić information content (AvgIpc) is 2.84. The maximum atomic E-state index is 13.4. The van der Waals surface area contributed by atoms with Crippen LogP contribution in [-0.4, -0.2) is 62.4 Å². The molecule has 0 aromatic heterocycles. The summed E-state index contributed by atoms with van der Waals surface area (Å²) in [7, 11) is 0. The Bertz CT molecular complexity index is 1120. The lowest BCUT2D eigenvalue weighted by molar-refractivity contribution is -0.117. The number of carbonyl (C=O) groups is 1. The lowest BCUT2D eigenvalue weighted by Crippen LogP contribution is -2.47. The van der Waals surface area contributed by atoms with Crippen molar-refractivity contribution >= 4 is 40.7 Å². The van der Waals surface area contributed by atoms with Crippen molar-refractivity contribution in [3.8, 4) is 0 Å². The minimum absolute atomic E-state index is 0.0675. The van der Waals surface area contributed by atoms with Gasteiger partial charge in [0.25, 0.3) is 5.91 Å². The first-order chi connectivity index (χ1) is 16.4. The molecule has 1 heterocycles. The molecule has 4 rings (SSSR count). The Morgan fingerprint density at radius 2 is 1.88 bits per heavy atom. The number of benzene rings is 2. The van der Waals surface area contributed by atoms with E-state index in [1.165, 1.54) is 15.4 Å². The zero-order chi connectivity index (χ0) is 24.1. The molecule has 2 aliphatic rings. The number of nitrogens with one attached hydrogen (secondary N) is 2. The van der Waals surface area contributed by atoms with Crippen LogP contribution in [0.5, 0.6) is 0 Å². The number of halogens is 1. The van der Waals surface area contributed by atoms with E-state index < -0.39 is 17.2 Å². The Morgan fingerprint density at radius 3 is 2.56 bits per heavy atom. The molecule has 34 heavy (non-hydrogen) atoms. The van der Waals surface area contributed by atoms with Gasteiger partial charge in [0.05, 0.1) is 0 Å². The summed E-state index contributed by atoms with van der Waals surface area (Å²) < 4.78 is 28.5. The fraction of sp³-hybridized carbons (Fsp3) is 0.333. The number of anilines is 1. The topological polar surface area (TPSA) is 106 Å². The highest BCUT2D eigenvalue weighted by Gasteiger charge is 2.29. The quantitative estimate of drug-likeness (QED) is 0.233. The van der Waals surface area contributed by atoms with E-state index in [0.717, 1.165) is 19.1 Å². The highest BCUT2D eigenvalue weighted by molar-refractivity contribution is 7.76. The normalized spacial score (nSPS) is 20.1. The van der Waals surface area contributed by atoms with Gasteiger partial charge in [-0.25, -0.2) is 4.21 Å². The largest absolute Gasteiger partial charge is 0.483 e. The minimum Gasteiger partial charge on any atom is -0.483 e. The van der Waals surface area contributed by atoms with E-state index in [1.807, 2.05) is 17.0 Å². The lowest BCUT2D eigenvalue weighted by atomic mass is 9.90. The summed E-state index contributed by atoms with van der Waals surface area (Å²) in [4.78, 5) is 15.2. The molecule has 3 N–H and O–H groups in total. The first-order valence-electron chi connectivity index (χ1n) is 11.1. The highest BCUT2D eigenvalue weighted by atomic mass is 35.5. The number of carbonyl (C=O) groups excluding carboxylic acids is 1. The summed E-state index contributed by atoms with van der Waals surface area (Å²) in [5.74, 6) is -0.397. The van der Waals surface area contributed by atoms with Gasteiger partial charge in [-0.3, -0.25) is 9.35 Å². The van der Waals surface area contributed by atoms with Crippen molar-refractivity contribution in [2.24, 2.45) is 0 Å². The summed E-state index contributed by atoms with van der Waals surface area (Å²) in [5, 5.41) is 11.4. The Kier molecular flexibility index (Phi) is 7.99. The van der Waals surface area contributed by atoms with Gasteiger partial charge < -0.3 is 20.4 Å². The smallest absolute Gasteiger partial charge is 0.293 e. The molecule has 1 fully saturated rings. The zero-order valence-corrected chi connectivity index (χ0v) is 20.1. The maximum Gasteiger partial charge on any atom is 0.293 e. The van der Waals surface area contributed by atoms with Gasteiger partial charge in [-0.15, -0.1) is 0 Å². The highest BCUT2D eigenvalue weighted by Crippen LogP contribution is 2.27. The number of hydrogen-bond donors (Lipinski definition) is 3. The van der Waals surface area contributed by atoms with Crippen molar-refractivity contribution in [3.63, 3.8) is 0 Å².